The van der Waals surface area contributed by atoms with Crippen molar-refractivity contribution in [3.05, 3.63) is 53.9 Å². The molecular weight excluding hydrogens is 334 g/mol. The molecule has 4 rings (SSSR count). The molecule has 130 valence electrons. The van der Waals surface area contributed by atoms with E-state index in [1.807, 2.05) is 18.2 Å². The lowest BCUT2D eigenvalue weighted by Crippen LogP contribution is -2.56. The zero-order valence-corrected chi connectivity index (χ0v) is 14.0. The van der Waals surface area contributed by atoms with E-state index in [2.05, 4.69) is 4.98 Å². The van der Waals surface area contributed by atoms with E-state index in [1.165, 1.54) is 0 Å². The van der Waals surface area contributed by atoms with Gasteiger partial charge in [0.25, 0.3) is 5.91 Å². The lowest BCUT2D eigenvalue weighted by atomic mass is 10.1. The van der Waals surface area contributed by atoms with Crippen LogP contribution in [-0.2, 0) is 0 Å². The van der Waals surface area contributed by atoms with Crippen LogP contribution in [0.5, 0.6) is 11.6 Å². The highest BCUT2D eigenvalue weighted by Gasteiger charge is 2.35. The summed E-state index contributed by atoms with van der Waals surface area (Å²) in [5, 5.41) is 9.88. The Morgan fingerprint density at radius 3 is 2.96 bits per heavy atom. The number of amides is 1. The van der Waals surface area contributed by atoms with Crippen molar-refractivity contribution in [1.29, 1.82) is 5.26 Å². The molecule has 1 aliphatic rings. The molecular formula is C19H15N3O4. The third-order valence-electron chi connectivity index (χ3n) is 4.24. The van der Waals surface area contributed by atoms with Crippen LogP contribution in [0.15, 0.2) is 47.0 Å². The van der Waals surface area contributed by atoms with Crippen LogP contribution in [0, 0.1) is 11.3 Å². The highest BCUT2D eigenvalue weighted by atomic mass is 16.5. The fraction of sp³-hybridized carbons (Fsp3) is 0.211. The summed E-state index contributed by atoms with van der Waals surface area (Å²) in [6.07, 6.45) is 1.37. The number of likely N-dealkylation sites (tertiary alicyclic amines) is 1. The molecule has 0 atom stereocenters. The smallest absolute Gasteiger partial charge is 0.289 e. The number of methoxy groups -OCH3 is 1. The summed E-state index contributed by atoms with van der Waals surface area (Å²) in [5.74, 6) is 0.939. The van der Waals surface area contributed by atoms with Crippen molar-refractivity contribution in [2.75, 3.05) is 20.2 Å². The standard InChI is InChI=1S/C19H15N3O4/c1-24-15-6-2-4-12-8-16(26-17(12)15)19(23)22-10-14(11-22)25-18-13(9-20)5-3-7-21-18/h2-8,14H,10-11H2,1H3. The number of ether oxygens (including phenoxy) is 2. The summed E-state index contributed by atoms with van der Waals surface area (Å²) in [7, 11) is 1.56. The van der Waals surface area contributed by atoms with Crippen molar-refractivity contribution in [3.8, 4) is 17.7 Å². The molecule has 7 nitrogen and oxygen atoms in total. The Morgan fingerprint density at radius 2 is 2.19 bits per heavy atom. The van der Waals surface area contributed by atoms with Crippen LogP contribution in [0.25, 0.3) is 11.0 Å². The van der Waals surface area contributed by atoms with Gasteiger partial charge >= 0.3 is 0 Å². The van der Waals surface area contributed by atoms with Crippen LogP contribution < -0.4 is 9.47 Å². The third kappa shape index (κ3) is 2.71. The predicted octanol–water partition coefficient (Wildman–Crippen LogP) is 2.61. The van der Waals surface area contributed by atoms with Crippen LogP contribution >= 0.6 is 0 Å². The van der Waals surface area contributed by atoms with Gasteiger partial charge in [-0.25, -0.2) is 4.98 Å². The zero-order chi connectivity index (χ0) is 18.1. The molecule has 26 heavy (non-hydrogen) atoms. The third-order valence-corrected chi connectivity index (χ3v) is 4.24. The van der Waals surface area contributed by atoms with Gasteiger partial charge in [-0.1, -0.05) is 12.1 Å². The number of fused-ring (bicyclic) bond motifs is 1. The molecule has 3 heterocycles. The highest BCUT2D eigenvalue weighted by molar-refractivity contribution is 5.97. The molecule has 1 aliphatic heterocycles. The first-order chi connectivity index (χ1) is 12.7. The molecule has 0 aliphatic carbocycles. The van der Waals surface area contributed by atoms with Crippen LogP contribution in [0.3, 0.4) is 0 Å². The van der Waals surface area contributed by atoms with E-state index in [4.69, 9.17) is 19.2 Å². The summed E-state index contributed by atoms with van der Waals surface area (Å²) in [6, 6.07) is 12.6. The minimum Gasteiger partial charge on any atom is -0.493 e. The van der Waals surface area contributed by atoms with Gasteiger partial charge in [0.05, 0.1) is 20.2 Å². The number of hydrogen-bond acceptors (Lipinski definition) is 6. The second-order valence-electron chi connectivity index (χ2n) is 5.91. The van der Waals surface area contributed by atoms with E-state index >= 15 is 0 Å². The first-order valence-electron chi connectivity index (χ1n) is 8.07. The van der Waals surface area contributed by atoms with Crippen LogP contribution in [0.1, 0.15) is 16.1 Å². The number of aromatic nitrogens is 1. The summed E-state index contributed by atoms with van der Waals surface area (Å²) in [4.78, 5) is 18.3. The van der Waals surface area contributed by atoms with Gasteiger partial charge in [-0.2, -0.15) is 5.26 Å². The Labute approximate surface area is 149 Å². The highest BCUT2D eigenvalue weighted by Crippen LogP contribution is 2.30. The number of nitrogens with zero attached hydrogens (tertiary/aromatic N) is 3. The average molecular weight is 349 g/mol. The van der Waals surface area contributed by atoms with Gasteiger partial charge in [-0.05, 0) is 24.3 Å². The van der Waals surface area contributed by atoms with Gasteiger partial charge in [0.2, 0.25) is 5.88 Å². The van der Waals surface area contributed by atoms with E-state index in [0.717, 1.165) is 5.39 Å². The molecule has 1 saturated heterocycles. The summed E-state index contributed by atoms with van der Waals surface area (Å²) >= 11 is 0. The minimum atomic E-state index is -0.204. The molecule has 0 N–H and O–H groups in total. The predicted molar refractivity (Wildman–Crippen MR) is 92.0 cm³/mol. The molecule has 0 radical (unpaired) electrons. The number of nitriles is 1. The van der Waals surface area contributed by atoms with Gasteiger partial charge in [0, 0.05) is 11.6 Å². The fourth-order valence-electron chi connectivity index (χ4n) is 2.86. The Hall–Kier alpha value is -3.53. The second kappa shape index (κ2) is 6.41. The van der Waals surface area contributed by atoms with Crippen LogP contribution in [-0.4, -0.2) is 42.1 Å². The minimum absolute atomic E-state index is 0.195. The maximum absolute atomic E-state index is 12.6. The monoisotopic (exact) mass is 349 g/mol. The zero-order valence-electron chi connectivity index (χ0n) is 14.0. The van der Waals surface area contributed by atoms with E-state index in [-0.39, 0.29) is 17.8 Å². The van der Waals surface area contributed by atoms with E-state index in [0.29, 0.717) is 35.9 Å². The number of carbonyl (C=O) groups excluding carboxylic acids is 1. The lowest BCUT2D eigenvalue weighted by Gasteiger charge is -2.38. The van der Waals surface area contributed by atoms with E-state index in [9.17, 15) is 4.79 Å². The number of para-hydroxylation sites is 1. The molecule has 2 aromatic heterocycles. The molecule has 1 fully saturated rings. The summed E-state index contributed by atoms with van der Waals surface area (Å²) in [5.41, 5.74) is 0.931. The fourth-order valence-corrected chi connectivity index (χ4v) is 2.86. The number of carbonyl (C=O) groups is 1. The maximum atomic E-state index is 12.6. The first kappa shape index (κ1) is 16.0. The van der Waals surface area contributed by atoms with Gasteiger partial charge in [0.15, 0.2) is 17.1 Å². The molecule has 0 spiro atoms. The molecule has 3 aromatic rings. The number of benzene rings is 1. The van der Waals surface area contributed by atoms with Gasteiger partial charge < -0.3 is 18.8 Å². The Kier molecular flexibility index (Phi) is 3.93. The maximum Gasteiger partial charge on any atom is 0.289 e. The van der Waals surface area contributed by atoms with Crippen molar-refractivity contribution in [2.24, 2.45) is 0 Å². The summed E-state index contributed by atoms with van der Waals surface area (Å²) < 4.78 is 16.6. The van der Waals surface area contributed by atoms with Crippen molar-refractivity contribution in [2.45, 2.75) is 6.10 Å². The normalized spacial score (nSPS) is 13.9. The van der Waals surface area contributed by atoms with E-state index in [1.54, 1.807) is 42.5 Å². The quantitative estimate of drug-likeness (QED) is 0.719. The first-order valence-corrected chi connectivity index (χ1v) is 8.07. The van der Waals surface area contributed by atoms with Crippen molar-refractivity contribution >= 4 is 16.9 Å². The molecule has 1 aromatic carbocycles. The Balaban J connectivity index is 1.44. The van der Waals surface area contributed by atoms with Crippen LogP contribution in [0.2, 0.25) is 0 Å². The molecule has 0 saturated carbocycles. The number of pyridine rings is 1. The Bertz CT molecular complexity index is 1020. The summed E-state index contributed by atoms with van der Waals surface area (Å²) in [6.45, 7) is 0.822. The molecule has 0 unspecified atom stereocenters. The molecule has 0 bridgehead atoms. The van der Waals surface area contributed by atoms with Crippen molar-refractivity contribution in [1.82, 2.24) is 9.88 Å². The van der Waals surface area contributed by atoms with Gasteiger partial charge in [-0.15, -0.1) is 0 Å². The average Bonchev–Trinajstić information content (AvgIpc) is 3.08. The number of furan rings is 1. The second-order valence-corrected chi connectivity index (χ2v) is 5.91. The topological polar surface area (TPSA) is 88.6 Å². The lowest BCUT2D eigenvalue weighted by molar-refractivity contribution is 0.0138. The number of rotatable bonds is 4. The molecule has 1 amide bonds. The Morgan fingerprint density at radius 1 is 1.35 bits per heavy atom. The number of hydrogen-bond donors (Lipinski definition) is 0. The van der Waals surface area contributed by atoms with Crippen molar-refractivity contribution < 1.29 is 18.7 Å². The van der Waals surface area contributed by atoms with Crippen molar-refractivity contribution in [3.63, 3.8) is 0 Å². The van der Waals surface area contributed by atoms with Gasteiger partial charge in [0.1, 0.15) is 17.7 Å². The SMILES string of the molecule is COc1cccc2cc(C(=O)N3CC(Oc4ncccc4C#N)C3)oc12. The van der Waals surface area contributed by atoms with E-state index < -0.39 is 0 Å². The molecule has 7 heteroatoms. The van der Waals surface area contributed by atoms with Gasteiger partial charge in [-0.3, -0.25) is 4.79 Å². The largest absolute Gasteiger partial charge is 0.493 e. The van der Waals surface area contributed by atoms with Crippen LogP contribution in [0.4, 0.5) is 0 Å².